The average molecular weight is 501 g/mol. The van der Waals surface area contributed by atoms with Gasteiger partial charge in [0.25, 0.3) is 0 Å². The van der Waals surface area contributed by atoms with E-state index in [2.05, 4.69) is 48.9 Å². The van der Waals surface area contributed by atoms with Crippen LogP contribution in [0.3, 0.4) is 0 Å². The molecule has 1 heterocycles. The number of ether oxygens (including phenoxy) is 1. The number of anilines is 1. The molecule has 0 spiro atoms. The monoisotopic (exact) mass is 500 g/mol. The summed E-state index contributed by atoms with van der Waals surface area (Å²) in [7, 11) is 0. The molecule has 0 bridgehead atoms. The van der Waals surface area contributed by atoms with Crippen LogP contribution in [0, 0.1) is 19.7 Å². The SMILES string of the molecule is C=C(Nc1ccc(F)cc1)c1cccc2cc(Oc3ccnc4cc(C)c(C)cc34)ccc12.CC(F)F. The Morgan fingerprint density at radius 2 is 1.59 bits per heavy atom. The van der Waals surface area contributed by atoms with Gasteiger partial charge < -0.3 is 10.1 Å². The third-order valence-electron chi connectivity index (χ3n) is 5.86. The van der Waals surface area contributed by atoms with Gasteiger partial charge in [0, 0.05) is 28.5 Å². The van der Waals surface area contributed by atoms with Gasteiger partial charge in [-0.3, -0.25) is 4.98 Å². The number of fused-ring (bicyclic) bond motifs is 2. The lowest BCUT2D eigenvalue weighted by atomic mass is 10.0. The lowest BCUT2D eigenvalue weighted by Crippen LogP contribution is -1.98. The van der Waals surface area contributed by atoms with Crippen LogP contribution < -0.4 is 10.1 Å². The first-order valence-electron chi connectivity index (χ1n) is 11.8. The smallest absolute Gasteiger partial charge is 0.235 e. The molecule has 0 saturated carbocycles. The molecule has 0 fully saturated rings. The normalized spacial score (nSPS) is 10.8. The number of aryl methyl sites for hydroxylation is 2. The van der Waals surface area contributed by atoms with Gasteiger partial charge in [0.1, 0.15) is 17.3 Å². The molecule has 188 valence electrons. The summed E-state index contributed by atoms with van der Waals surface area (Å²) in [5.41, 5.74) is 5.83. The van der Waals surface area contributed by atoms with Gasteiger partial charge in [-0.05, 0) is 103 Å². The van der Waals surface area contributed by atoms with Gasteiger partial charge in [-0.2, -0.15) is 0 Å². The predicted octanol–water partition coefficient (Wildman–Crippen LogP) is 9.29. The zero-order chi connectivity index (χ0) is 26.5. The minimum Gasteiger partial charge on any atom is -0.457 e. The van der Waals surface area contributed by atoms with Gasteiger partial charge in [-0.1, -0.05) is 24.8 Å². The van der Waals surface area contributed by atoms with Crippen LogP contribution in [0.2, 0.25) is 0 Å². The Labute approximate surface area is 214 Å². The summed E-state index contributed by atoms with van der Waals surface area (Å²) in [5, 5.41) is 6.35. The molecule has 5 aromatic rings. The zero-order valence-electron chi connectivity index (χ0n) is 20.9. The van der Waals surface area contributed by atoms with Gasteiger partial charge in [-0.15, -0.1) is 0 Å². The summed E-state index contributed by atoms with van der Waals surface area (Å²) in [4.78, 5) is 4.49. The van der Waals surface area contributed by atoms with Gasteiger partial charge >= 0.3 is 0 Å². The van der Waals surface area contributed by atoms with Crippen LogP contribution in [0.15, 0.2) is 91.6 Å². The van der Waals surface area contributed by atoms with Crippen LogP contribution in [-0.2, 0) is 0 Å². The first-order chi connectivity index (χ1) is 17.7. The quantitative estimate of drug-likeness (QED) is 0.261. The molecule has 6 heteroatoms. The second kappa shape index (κ2) is 11.2. The third kappa shape index (κ3) is 6.28. The molecule has 0 atom stereocenters. The number of halogens is 3. The Kier molecular flexibility index (Phi) is 7.77. The Morgan fingerprint density at radius 1 is 0.892 bits per heavy atom. The second-order valence-electron chi connectivity index (χ2n) is 8.68. The highest BCUT2D eigenvalue weighted by Gasteiger charge is 2.10. The highest BCUT2D eigenvalue weighted by molar-refractivity contribution is 5.96. The first kappa shape index (κ1) is 25.8. The van der Waals surface area contributed by atoms with E-state index in [1.807, 2.05) is 36.4 Å². The molecule has 0 aliphatic rings. The summed E-state index contributed by atoms with van der Waals surface area (Å²) < 4.78 is 40.2. The maximum atomic E-state index is 13.2. The Bertz CT molecular complexity index is 1560. The minimum atomic E-state index is -2.17. The van der Waals surface area contributed by atoms with E-state index in [1.54, 1.807) is 18.3 Å². The molecule has 5 rings (SSSR count). The number of hydrogen-bond acceptors (Lipinski definition) is 3. The molecule has 1 N–H and O–H groups in total. The van der Waals surface area contributed by atoms with Crippen molar-refractivity contribution in [3.63, 3.8) is 0 Å². The lowest BCUT2D eigenvalue weighted by Gasteiger charge is -2.14. The summed E-state index contributed by atoms with van der Waals surface area (Å²) in [5.74, 6) is 1.26. The lowest BCUT2D eigenvalue weighted by molar-refractivity contribution is 0.171. The van der Waals surface area contributed by atoms with Crippen LogP contribution in [0.5, 0.6) is 11.5 Å². The van der Waals surface area contributed by atoms with Crippen molar-refractivity contribution in [1.82, 2.24) is 4.98 Å². The molecule has 0 radical (unpaired) electrons. The third-order valence-corrected chi connectivity index (χ3v) is 5.86. The maximum absolute atomic E-state index is 13.2. The number of hydrogen-bond donors (Lipinski definition) is 1. The van der Waals surface area contributed by atoms with E-state index in [1.165, 1.54) is 23.3 Å². The van der Waals surface area contributed by atoms with E-state index in [4.69, 9.17) is 4.74 Å². The molecule has 0 aliphatic heterocycles. The molecule has 1 aromatic heterocycles. The second-order valence-corrected chi connectivity index (χ2v) is 8.68. The Hall–Kier alpha value is -4.32. The molecule has 0 saturated heterocycles. The molecule has 0 amide bonds. The zero-order valence-corrected chi connectivity index (χ0v) is 20.9. The Morgan fingerprint density at radius 3 is 2.32 bits per heavy atom. The molecule has 0 unspecified atom stereocenters. The van der Waals surface area contributed by atoms with Crippen LogP contribution in [-0.4, -0.2) is 11.4 Å². The Balaban J connectivity index is 0.000000747. The van der Waals surface area contributed by atoms with Gasteiger partial charge in [0.05, 0.1) is 5.52 Å². The molecule has 37 heavy (non-hydrogen) atoms. The average Bonchev–Trinajstić information content (AvgIpc) is 2.86. The number of alkyl halides is 2. The van der Waals surface area contributed by atoms with Crippen LogP contribution in [0.1, 0.15) is 23.6 Å². The summed E-state index contributed by atoms with van der Waals surface area (Å²) >= 11 is 0. The summed E-state index contributed by atoms with van der Waals surface area (Å²) in [6, 6.07) is 24.4. The maximum Gasteiger partial charge on any atom is 0.235 e. The fourth-order valence-electron chi connectivity index (χ4n) is 3.96. The largest absolute Gasteiger partial charge is 0.457 e. The highest BCUT2D eigenvalue weighted by atomic mass is 19.3. The molecular weight excluding hydrogens is 473 g/mol. The number of pyridine rings is 1. The van der Waals surface area contributed by atoms with E-state index >= 15 is 0 Å². The number of nitrogens with one attached hydrogen (secondary N) is 1. The number of nitrogens with zero attached hydrogens (tertiary/aromatic N) is 1. The first-order valence-corrected chi connectivity index (χ1v) is 11.8. The standard InChI is InChI=1S/C29H23FN2O.C2H4F2/c1-18-15-27-28(16-19(18)2)31-14-13-29(27)33-24-11-12-26-21(17-24)5-4-6-25(26)20(3)32-23-9-7-22(30)8-10-23;1-2(3)4/h4-17,32H,3H2,1-2H3;2H,1H3. The van der Waals surface area contributed by atoms with Crippen molar-refractivity contribution < 1.29 is 17.9 Å². The number of aromatic nitrogens is 1. The fourth-order valence-corrected chi connectivity index (χ4v) is 3.96. The van der Waals surface area contributed by atoms with Gasteiger partial charge in [0.15, 0.2) is 0 Å². The molecular formula is C31H27F3N2O. The van der Waals surface area contributed by atoms with Gasteiger partial charge in [-0.25, -0.2) is 13.2 Å². The topological polar surface area (TPSA) is 34.1 Å². The van der Waals surface area contributed by atoms with Gasteiger partial charge in [0.2, 0.25) is 6.43 Å². The molecule has 3 nitrogen and oxygen atoms in total. The fraction of sp³-hybridized carbons (Fsp3) is 0.129. The van der Waals surface area contributed by atoms with Crippen LogP contribution >= 0.6 is 0 Å². The number of benzene rings is 4. The molecule has 4 aromatic carbocycles. The van der Waals surface area contributed by atoms with Crippen LogP contribution in [0.4, 0.5) is 18.9 Å². The van der Waals surface area contributed by atoms with E-state index in [0.29, 0.717) is 0 Å². The van der Waals surface area contributed by atoms with Crippen molar-refractivity contribution >= 4 is 33.1 Å². The predicted molar refractivity (Wildman–Crippen MR) is 146 cm³/mol. The van der Waals surface area contributed by atoms with Crippen molar-refractivity contribution in [3.05, 3.63) is 114 Å². The summed E-state index contributed by atoms with van der Waals surface area (Å²) in [6.07, 6.45) is -0.392. The van der Waals surface area contributed by atoms with Crippen molar-refractivity contribution in [1.29, 1.82) is 0 Å². The summed E-state index contributed by atoms with van der Waals surface area (Å²) in [6.45, 7) is 9.20. The van der Waals surface area contributed by atoms with E-state index in [0.717, 1.165) is 57.0 Å². The van der Waals surface area contributed by atoms with Crippen LogP contribution in [0.25, 0.3) is 27.4 Å². The molecule has 0 aliphatic carbocycles. The minimum absolute atomic E-state index is 0.267. The van der Waals surface area contributed by atoms with E-state index in [9.17, 15) is 13.2 Å². The van der Waals surface area contributed by atoms with E-state index in [-0.39, 0.29) is 5.82 Å². The van der Waals surface area contributed by atoms with Crippen molar-refractivity contribution in [2.45, 2.75) is 27.2 Å². The highest BCUT2D eigenvalue weighted by Crippen LogP contribution is 2.33. The van der Waals surface area contributed by atoms with Crippen molar-refractivity contribution in [2.24, 2.45) is 0 Å². The number of rotatable bonds is 5. The van der Waals surface area contributed by atoms with Crippen molar-refractivity contribution in [2.75, 3.05) is 5.32 Å². The van der Waals surface area contributed by atoms with Crippen molar-refractivity contribution in [3.8, 4) is 11.5 Å². The van der Waals surface area contributed by atoms with E-state index < -0.39 is 6.43 Å².